The molecule has 2 aliphatic heterocycles. The summed E-state index contributed by atoms with van der Waals surface area (Å²) >= 11 is 0. The zero-order valence-electron chi connectivity index (χ0n) is 20.8. The fraction of sp³-hybridized carbons (Fsp3) is 0.538. The van der Waals surface area contributed by atoms with Gasteiger partial charge in [-0.3, -0.25) is 0 Å². The van der Waals surface area contributed by atoms with Gasteiger partial charge in [0.1, 0.15) is 5.76 Å². The minimum absolute atomic E-state index is 0.248. The van der Waals surface area contributed by atoms with Gasteiger partial charge < -0.3 is 24.8 Å². The lowest BCUT2D eigenvalue weighted by atomic mass is 9.71. The average molecular weight is 457 g/mol. The van der Waals surface area contributed by atoms with E-state index in [0.29, 0.717) is 25.3 Å². The molecule has 1 fully saturated rings. The van der Waals surface area contributed by atoms with Crippen LogP contribution in [-0.4, -0.2) is 43.3 Å². The molecule has 0 saturated carbocycles. The standard InChI is InChI=1S/C26H36N2O5/c1-8-32-21(29)13-18-12-17-10-11-26(23(31-7)19(17)15-24(3,4)27-18)16-25(5,6)28-20(26)14-22(30)33-9-2/h10-14,27-28H,8-9,15-16H2,1-7H3/b18-13-,20-14-/t26-/m1/s1. The molecule has 0 amide bonds. The Morgan fingerprint density at radius 3 is 2.24 bits per heavy atom. The summed E-state index contributed by atoms with van der Waals surface area (Å²) < 4.78 is 16.4. The SMILES string of the molecule is CCOC(=O)/C=C1/C=C2C=C[C@]3(CC(C)(C)N/C3=C\C(=O)OCC)C(OC)=C2CC(C)(C)N1. The summed E-state index contributed by atoms with van der Waals surface area (Å²) in [5.41, 5.74) is 2.25. The molecule has 3 rings (SSSR count). The van der Waals surface area contributed by atoms with Crippen molar-refractivity contribution < 1.29 is 23.8 Å². The summed E-state index contributed by atoms with van der Waals surface area (Å²) in [4.78, 5) is 24.5. The lowest BCUT2D eigenvalue weighted by Gasteiger charge is -2.36. The van der Waals surface area contributed by atoms with Gasteiger partial charge in [0.2, 0.25) is 0 Å². The van der Waals surface area contributed by atoms with Crippen molar-refractivity contribution in [1.82, 2.24) is 10.6 Å². The van der Waals surface area contributed by atoms with Crippen molar-refractivity contribution in [2.45, 2.75) is 65.5 Å². The van der Waals surface area contributed by atoms with Crippen LogP contribution in [0.4, 0.5) is 0 Å². The van der Waals surface area contributed by atoms with Gasteiger partial charge in [-0.2, -0.15) is 0 Å². The van der Waals surface area contributed by atoms with Gasteiger partial charge in [0, 0.05) is 40.2 Å². The monoisotopic (exact) mass is 456 g/mol. The van der Waals surface area contributed by atoms with Gasteiger partial charge in [-0.05, 0) is 66.0 Å². The van der Waals surface area contributed by atoms with Gasteiger partial charge in [0.25, 0.3) is 0 Å². The van der Waals surface area contributed by atoms with E-state index in [2.05, 4.69) is 50.5 Å². The van der Waals surface area contributed by atoms with Crippen LogP contribution in [0.1, 0.15) is 54.4 Å². The van der Waals surface area contributed by atoms with Crippen molar-refractivity contribution in [2.24, 2.45) is 5.41 Å². The van der Waals surface area contributed by atoms with Crippen LogP contribution < -0.4 is 10.6 Å². The number of esters is 2. The number of rotatable bonds is 5. The zero-order valence-corrected chi connectivity index (χ0v) is 20.8. The number of hydrogen-bond acceptors (Lipinski definition) is 7. The summed E-state index contributed by atoms with van der Waals surface area (Å²) in [7, 11) is 1.68. The smallest absolute Gasteiger partial charge is 0.332 e. The summed E-state index contributed by atoms with van der Waals surface area (Å²) in [6, 6.07) is 0. The van der Waals surface area contributed by atoms with Crippen LogP contribution in [0.25, 0.3) is 0 Å². The highest BCUT2D eigenvalue weighted by molar-refractivity contribution is 5.84. The van der Waals surface area contributed by atoms with Crippen LogP contribution in [0.5, 0.6) is 0 Å². The molecule has 2 heterocycles. The Labute approximate surface area is 196 Å². The third-order valence-electron chi connectivity index (χ3n) is 5.97. The van der Waals surface area contributed by atoms with Crippen LogP contribution in [-0.2, 0) is 23.8 Å². The molecular formula is C26H36N2O5. The molecule has 7 heteroatoms. The summed E-state index contributed by atoms with van der Waals surface area (Å²) in [6.07, 6.45) is 10.5. The number of nitrogens with one attached hydrogen (secondary N) is 2. The van der Waals surface area contributed by atoms with Crippen molar-refractivity contribution in [3.63, 3.8) is 0 Å². The molecule has 7 nitrogen and oxygen atoms in total. The normalized spacial score (nSPS) is 27.4. The second kappa shape index (κ2) is 9.12. The van der Waals surface area contributed by atoms with E-state index in [0.717, 1.165) is 29.0 Å². The molecule has 1 spiro atoms. The van der Waals surface area contributed by atoms with Crippen LogP contribution in [0, 0.1) is 5.41 Å². The molecule has 0 unspecified atom stereocenters. The average Bonchev–Trinajstić information content (AvgIpc) is 2.85. The molecule has 180 valence electrons. The first kappa shape index (κ1) is 24.7. The van der Waals surface area contributed by atoms with Gasteiger partial charge in [0.15, 0.2) is 0 Å². The van der Waals surface area contributed by atoms with Crippen LogP contribution in [0.3, 0.4) is 0 Å². The van der Waals surface area contributed by atoms with E-state index in [1.54, 1.807) is 27.0 Å². The Balaban J connectivity index is 2.16. The zero-order chi connectivity index (χ0) is 24.4. The Hall–Kier alpha value is -2.96. The fourth-order valence-electron chi connectivity index (χ4n) is 5.03. The van der Waals surface area contributed by atoms with Crippen molar-refractivity contribution >= 4 is 11.9 Å². The van der Waals surface area contributed by atoms with Gasteiger partial charge in [0.05, 0.1) is 25.7 Å². The molecule has 0 bridgehead atoms. The van der Waals surface area contributed by atoms with Crippen LogP contribution in [0.2, 0.25) is 0 Å². The molecule has 0 radical (unpaired) electrons. The highest BCUT2D eigenvalue weighted by Gasteiger charge is 2.52. The van der Waals surface area contributed by atoms with Crippen LogP contribution in [0.15, 0.2) is 58.7 Å². The second-order valence-corrected chi connectivity index (χ2v) is 9.95. The lowest BCUT2D eigenvalue weighted by molar-refractivity contribution is -0.138. The maximum absolute atomic E-state index is 12.4. The minimum Gasteiger partial charge on any atom is -0.499 e. The number of fused-ring (bicyclic) bond motifs is 1. The second-order valence-electron chi connectivity index (χ2n) is 9.95. The van der Waals surface area contributed by atoms with Gasteiger partial charge >= 0.3 is 11.9 Å². The third kappa shape index (κ3) is 5.18. The van der Waals surface area contributed by atoms with Crippen molar-refractivity contribution in [2.75, 3.05) is 20.3 Å². The molecule has 0 aromatic heterocycles. The Morgan fingerprint density at radius 2 is 1.64 bits per heavy atom. The van der Waals surface area contributed by atoms with E-state index in [9.17, 15) is 9.59 Å². The highest BCUT2D eigenvalue weighted by atomic mass is 16.5. The van der Waals surface area contributed by atoms with E-state index < -0.39 is 5.41 Å². The fourth-order valence-corrected chi connectivity index (χ4v) is 5.03. The quantitative estimate of drug-likeness (QED) is 0.481. The Kier molecular flexibility index (Phi) is 6.82. The predicted molar refractivity (Wildman–Crippen MR) is 127 cm³/mol. The lowest BCUT2D eigenvalue weighted by Crippen LogP contribution is -2.38. The van der Waals surface area contributed by atoms with Crippen molar-refractivity contribution in [3.05, 3.63) is 58.7 Å². The molecular weight excluding hydrogens is 420 g/mol. The molecule has 1 aliphatic carbocycles. The number of hydrogen-bond donors (Lipinski definition) is 2. The molecule has 3 aliphatic rings. The van der Waals surface area contributed by atoms with E-state index in [1.807, 2.05) is 6.08 Å². The Bertz CT molecular complexity index is 981. The predicted octanol–water partition coefficient (Wildman–Crippen LogP) is 3.81. The van der Waals surface area contributed by atoms with Gasteiger partial charge in [-0.15, -0.1) is 0 Å². The first-order chi connectivity index (χ1) is 15.4. The molecule has 1 saturated heterocycles. The first-order valence-electron chi connectivity index (χ1n) is 11.5. The Morgan fingerprint density at radius 1 is 1.00 bits per heavy atom. The summed E-state index contributed by atoms with van der Waals surface area (Å²) in [5, 5.41) is 6.97. The first-order valence-corrected chi connectivity index (χ1v) is 11.5. The van der Waals surface area contributed by atoms with Crippen LogP contribution >= 0.6 is 0 Å². The minimum atomic E-state index is -0.608. The van der Waals surface area contributed by atoms with Crippen molar-refractivity contribution in [1.29, 1.82) is 0 Å². The van der Waals surface area contributed by atoms with E-state index in [1.165, 1.54) is 6.08 Å². The van der Waals surface area contributed by atoms with Crippen molar-refractivity contribution in [3.8, 4) is 0 Å². The van der Waals surface area contributed by atoms with E-state index in [-0.39, 0.29) is 23.0 Å². The summed E-state index contributed by atoms with van der Waals surface area (Å²) in [6.45, 7) is 12.6. The van der Waals surface area contributed by atoms with E-state index >= 15 is 0 Å². The van der Waals surface area contributed by atoms with Gasteiger partial charge in [-0.25, -0.2) is 9.59 Å². The number of carbonyl (C=O) groups excluding carboxylic acids is 2. The van der Waals surface area contributed by atoms with Gasteiger partial charge in [-0.1, -0.05) is 12.2 Å². The molecule has 0 aromatic rings. The highest BCUT2D eigenvalue weighted by Crippen LogP contribution is 2.54. The summed E-state index contributed by atoms with van der Waals surface area (Å²) in [5.74, 6) is 0.0385. The molecule has 2 N–H and O–H groups in total. The van der Waals surface area contributed by atoms with E-state index in [4.69, 9.17) is 14.2 Å². The maximum atomic E-state index is 12.4. The number of ether oxygens (including phenoxy) is 3. The number of carbonyl (C=O) groups is 2. The third-order valence-corrected chi connectivity index (χ3v) is 5.97. The number of allylic oxidation sites excluding steroid dienone is 3. The number of methoxy groups -OCH3 is 1. The molecule has 0 aromatic carbocycles. The largest absolute Gasteiger partial charge is 0.499 e. The molecule has 33 heavy (non-hydrogen) atoms. The molecule has 1 atom stereocenters. The topological polar surface area (TPSA) is 85.9 Å². The maximum Gasteiger partial charge on any atom is 0.332 e.